The van der Waals surface area contributed by atoms with E-state index in [0.717, 1.165) is 6.42 Å². The average molecular weight is 277 g/mol. The Bertz CT molecular complexity index is 605. The predicted molar refractivity (Wildman–Crippen MR) is 73.4 cm³/mol. The third-order valence-electron chi connectivity index (χ3n) is 2.62. The van der Waals surface area contributed by atoms with Gasteiger partial charge in [-0.1, -0.05) is 19.1 Å². The van der Waals surface area contributed by atoms with Crippen LogP contribution in [0.25, 0.3) is 0 Å². The zero-order valence-electron chi connectivity index (χ0n) is 11.4. The molecule has 0 radical (unpaired) electrons. The predicted octanol–water partition coefficient (Wildman–Crippen LogP) is 3.09. The molecule has 2 rings (SSSR count). The van der Waals surface area contributed by atoms with Gasteiger partial charge in [-0.25, -0.2) is 4.39 Å². The first-order valence-corrected chi connectivity index (χ1v) is 6.29. The second-order valence-electron chi connectivity index (χ2n) is 4.24. The molecule has 0 atom stereocenters. The third-order valence-corrected chi connectivity index (χ3v) is 2.62. The third kappa shape index (κ3) is 2.96. The van der Waals surface area contributed by atoms with E-state index in [1.165, 1.54) is 12.4 Å². The number of hydrogen-bond acceptors (Lipinski definition) is 5. The first kappa shape index (κ1) is 14.0. The highest BCUT2D eigenvalue weighted by Gasteiger charge is 2.14. The van der Waals surface area contributed by atoms with E-state index in [1.54, 1.807) is 19.1 Å². The Morgan fingerprint density at radius 1 is 1.25 bits per heavy atom. The number of ether oxygens (including phenoxy) is 2. The Kier molecular flexibility index (Phi) is 4.34. The Balaban J connectivity index is 2.27. The van der Waals surface area contributed by atoms with Gasteiger partial charge in [-0.3, -0.25) is 0 Å². The summed E-state index contributed by atoms with van der Waals surface area (Å²) in [5, 5.41) is 0. The van der Waals surface area contributed by atoms with Gasteiger partial charge in [0.2, 0.25) is 11.8 Å². The molecular weight excluding hydrogens is 261 g/mol. The van der Waals surface area contributed by atoms with Gasteiger partial charge in [0.25, 0.3) is 0 Å². The standard InChI is InChI=1S/C14H16FN3O2/c1-3-7-19-13-12(16)14(18-8-17-13)20-10-6-4-5-9(2)11(10)15/h4-6,8H,3,7,16H2,1-2H3. The Labute approximate surface area is 116 Å². The minimum atomic E-state index is -0.443. The van der Waals surface area contributed by atoms with Crippen LogP contribution in [0.1, 0.15) is 18.9 Å². The number of nitrogen functional groups attached to an aromatic ring is 1. The van der Waals surface area contributed by atoms with Gasteiger partial charge >= 0.3 is 0 Å². The van der Waals surface area contributed by atoms with E-state index in [-0.39, 0.29) is 23.2 Å². The molecule has 1 aromatic heterocycles. The van der Waals surface area contributed by atoms with Crippen LogP contribution >= 0.6 is 0 Å². The van der Waals surface area contributed by atoms with Crippen molar-refractivity contribution in [3.05, 3.63) is 35.9 Å². The quantitative estimate of drug-likeness (QED) is 0.909. The van der Waals surface area contributed by atoms with Crippen molar-refractivity contribution >= 4 is 5.69 Å². The summed E-state index contributed by atoms with van der Waals surface area (Å²) >= 11 is 0. The van der Waals surface area contributed by atoms with Crippen molar-refractivity contribution in [1.29, 1.82) is 0 Å². The lowest BCUT2D eigenvalue weighted by molar-refractivity contribution is 0.304. The van der Waals surface area contributed by atoms with Gasteiger partial charge in [0.1, 0.15) is 6.33 Å². The van der Waals surface area contributed by atoms with Crippen molar-refractivity contribution in [2.45, 2.75) is 20.3 Å². The number of rotatable bonds is 5. The monoisotopic (exact) mass is 277 g/mol. The molecule has 0 spiro atoms. The number of nitrogens with two attached hydrogens (primary N) is 1. The van der Waals surface area contributed by atoms with Crippen LogP contribution in [0.15, 0.2) is 24.5 Å². The maximum Gasteiger partial charge on any atom is 0.249 e. The number of nitrogens with zero attached hydrogens (tertiary/aromatic N) is 2. The van der Waals surface area contributed by atoms with Crippen LogP contribution in [0.4, 0.5) is 10.1 Å². The molecule has 1 heterocycles. The maximum absolute atomic E-state index is 13.9. The van der Waals surface area contributed by atoms with Gasteiger partial charge < -0.3 is 15.2 Å². The molecule has 0 fully saturated rings. The van der Waals surface area contributed by atoms with Crippen LogP contribution < -0.4 is 15.2 Å². The Morgan fingerprint density at radius 3 is 2.75 bits per heavy atom. The van der Waals surface area contributed by atoms with Crippen molar-refractivity contribution in [1.82, 2.24) is 9.97 Å². The van der Waals surface area contributed by atoms with Crippen molar-refractivity contribution < 1.29 is 13.9 Å². The van der Waals surface area contributed by atoms with Gasteiger partial charge in [-0.15, -0.1) is 0 Å². The van der Waals surface area contributed by atoms with E-state index in [1.807, 2.05) is 6.92 Å². The van der Waals surface area contributed by atoms with Crippen LogP contribution in [-0.4, -0.2) is 16.6 Å². The van der Waals surface area contributed by atoms with Crippen molar-refractivity contribution in [3.63, 3.8) is 0 Å². The molecule has 5 nitrogen and oxygen atoms in total. The van der Waals surface area contributed by atoms with Crippen molar-refractivity contribution in [3.8, 4) is 17.5 Å². The van der Waals surface area contributed by atoms with Gasteiger partial charge in [-0.2, -0.15) is 9.97 Å². The molecular formula is C14H16FN3O2. The molecule has 0 aliphatic rings. The fraction of sp³-hybridized carbons (Fsp3) is 0.286. The fourth-order valence-corrected chi connectivity index (χ4v) is 1.56. The summed E-state index contributed by atoms with van der Waals surface area (Å²) in [5.74, 6) is -0.0566. The molecule has 6 heteroatoms. The SMILES string of the molecule is CCCOc1ncnc(Oc2cccc(C)c2F)c1N. The van der Waals surface area contributed by atoms with Gasteiger partial charge in [0, 0.05) is 0 Å². The number of aromatic nitrogens is 2. The molecule has 0 saturated heterocycles. The zero-order chi connectivity index (χ0) is 14.5. The van der Waals surface area contributed by atoms with E-state index in [9.17, 15) is 4.39 Å². The Morgan fingerprint density at radius 2 is 2.00 bits per heavy atom. The minimum absolute atomic E-state index is 0.0665. The lowest BCUT2D eigenvalue weighted by Crippen LogP contribution is -2.04. The summed E-state index contributed by atoms with van der Waals surface area (Å²) in [6.45, 7) is 4.11. The molecule has 0 aliphatic heterocycles. The highest BCUT2D eigenvalue weighted by atomic mass is 19.1. The molecule has 0 amide bonds. The molecule has 1 aromatic carbocycles. The molecule has 0 unspecified atom stereocenters. The molecule has 106 valence electrons. The summed E-state index contributed by atoms with van der Waals surface area (Å²) in [4.78, 5) is 7.83. The Hall–Kier alpha value is -2.37. The first-order chi connectivity index (χ1) is 9.63. The van der Waals surface area contributed by atoms with E-state index >= 15 is 0 Å². The van der Waals surface area contributed by atoms with Gasteiger partial charge in [-0.05, 0) is 25.0 Å². The first-order valence-electron chi connectivity index (χ1n) is 6.29. The molecule has 2 N–H and O–H groups in total. The van der Waals surface area contributed by atoms with Crippen LogP contribution in [-0.2, 0) is 0 Å². The number of benzene rings is 1. The van der Waals surface area contributed by atoms with Crippen LogP contribution in [0.3, 0.4) is 0 Å². The van der Waals surface area contributed by atoms with Crippen LogP contribution in [0.2, 0.25) is 0 Å². The minimum Gasteiger partial charge on any atom is -0.476 e. The van der Waals surface area contributed by atoms with Gasteiger partial charge in [0.15, 0.2) is 17.3 Å². The highest BCUT2D eigenvalue weighted by molar-refractivity contribution is 5.56. The van der Waals surface area contributed by atoms with Gasteiger partial charge in [0.05, 0.1) is 6.61 Å². The number of halogens is 1. The fourth-order valence-electron chi connectivity index (χ4n) is 1.56. The average Bonchev–Trinajstić information content (AvgIpc) is 2.44. The normalized spacial score (nSPS) is 10.3. The van der Waals surface area contributed by atoms with Crippen LogP contribution in [0.5, 0.6) is 17.5 Å². The van der Waals surface area contributed by atoms with Crippen molar-refractivity contribution in [2.75, 3.05) is 12.3 Å². The summed E-state index contributed by atoms with van der Waals surface area (Å²) in [6, 6.07) is 4.86. The number of anilines is 1. The van der Waals surface area contributed by atoms with E-state index < -0.39 is 5.82 Å². The van der Waals surface area contributed by atoms with Crippen LogP contribution in [0, 0.1) is 12.7 Å². The smallest absolute Gasteiger partial charge is 0.249 e. The van der Waals surface area contributed by atoms with E-state index in [4.69, 9.17) is 15.2 Å². The number of hydrogen-bond donors (Lipinski definition) is 1. The largest absolute Gasteiger partial charge is 0.476 e. The summed E-state index contributed by atoms with van der Waals surface area (Å²) in [7, 11) is 0. The molecule has 0 saturated carbocycles. The number of aryl methyl sites for hydroxylation is 1. The second-order valence-corrected chi connectivity index (χ2v) is 4.24. The summed E-state index contributed by atoms with van der Waals surface area (Å²) in [6.07, 6.45) is 2.09. The lowest BCUT2D eigenvalue weighted by atomic mass is 10.2. The molecule has 0 aliphatic carbocycles. The zero-order valence-corrected chi connectivity index (χ0v) is 11.4. The molecule has 2 aromatic rings. The topological polar surface area (TPSA) is 70.3 Å². The molecule has 20 heavy (non-hydrogen) atoms. The second kappa shape index (κ2) is 6.18. The van der Waals surface area contributed by atoms with Crippen molar-refractivity contribution in [2.24, 2.45) is 0 Å². The maximum atomic E-state index is 13.9. The van der Waals surface area contributed by atoms with E-state index in [0.29, 0.717) is 12.2 Å². The molecule has 0 bridgehead atoms. The lowest BCUT2D eigenvalue weighted by Gasteiger charge is -2.11. The summed E-state index contributed by atoms with van der Waals surface area (Å²) < 4.78 is 24.7. The summed E-state index contributed by atoms with van der Waals surface area (Å²) in [5.41, 5.74) is 6.50. The van der Waals surface area contributed by atoms with E-state index in [2.05, 4.69) is 9.97 Å². The highest BCUT2D eigenvalue weighted by Crippen LogP contribution is 2.32.